The van der Waals surface area contributed by atoms with Crippen molar-refractivity contribution in [2.45, 2.75) is 105 Å². The predicted molar refractivity (Wildman–Crippen MR) is 236 cm³/mol. The van der Waals surface area contributed by atoms with Crippen molar-refractivity contribution in [1.29, 1.82) is 0 Å². The molecular weight excluding hydrogens is 776 g/mol. The third-order valence-electron chi connectivity index (χ3n) is 13.0. The van der Waals surface area contributed by atoms with Crippen molar-refractivity contribution in [3.05, 3.63) is 176 Å². The van der Waals surface area contributed by atoms with Crippen LogP contribution in [0.15, 0.2) is 120 Å². The second kappa shape index (κ2) is 12.8. The Labute approximate surface area is 342 Å². The predicted octanol–water partition coefficient (Wildman–Crippen LogP) is 12.4. The first-order valence-corrected chi connectivity index (χ1v) is 28.0. The third kappa shape index (κ3) is 5.49. The van der Waals surface area contributed by atoms with Crippen LogP contribution in [0.1, 0.15) is 109 Å². The zero-order valence-electron chi connectivity index (χ0n) is 35.4. The molecule has 0 aromatic heterocycles. The molecule has 4 aromatic rings. The van der Waals surface area contributed by atoms with Crippen molar-refractivity contribution in [2.24, 2.45) is 0 Å². The quantitative estimate of drug-likeness (QED) is 0.191. The Bertz CT molecular complexity index is 2400. The van der Waals surface area contributed by atoms with E-state index in [-0.39, 0.29) is 22.7 Å². The zero-order valence-corrected chi connectivity index (χ0v) is 38.8. The molecule has 0 amide bonds. The normalized spacial score (nSPS) is 20.7. The van der Waals surface area contributed by atoms with Crippen molar-refractivity contribution < 1.29 is 26.8 Å². The van der Waals surface area contributed by atoms with Gasteiger partial charge in [0.2, 0.25) is 0 Å². The van der Waals surface area contributed by atoms with Crippen molar-refractivity contribution in [1.82, 2.24) is 0 Å². The van der Waals surface area contributed by atoms with Gasteiger partial charge in [0.25, 0.3) is 0 Å². The summed E-state index contributed by atoms with van der Waals surface area (Å²) in [5, 5.41) is 3.09. The van der Waals surface area contributed by atoms with Crippen LogP contribution in [0.5, 0.6) is 11.5 Å². The van der Waals surface area contributed by atoms with E-state index in [1.807, 2.05) is 0 Å². The molecule has 0 saturated carbocycles. The number of hydrogen-bond acceptors (Lipinski definition) is 2. The minimum atomic E-state index is -5.15. The summed E-state index contributed by atoms with van der Waals surface area (Å²) in [5.41, 5.74) is 15.7. The van der Waals surface area contributed by atoms with Gasteiger partial charge in [-0.15, -0.1) is 0 Å². The van der Waals surface area contributed by atoms with Gasteiger partial charge in [0.1, 0.15) is 0 Å². The molecule has 1 aliphatic heterocycles. The zero-order chi connectivity index (χ0) is 39.7. The van der Waals surface area contributed by atoms with Crippen molar-refractivity contribution in [2.75, 3.05) is 0 Å². The van der Waals surface area contributed by atoms with Crippen LogP contribution >= 0.6 is 0 Å². The van der Waals surface area contributed by atoms with E-state index in [2.05, 4.69) is 192 Å². The number of aryl methyl sites for hydroxylation is 4. The summed E-state index contributed by atoms with van der Waals surface area (Å²) in [6.07, 6.45) is 18.6. The second-order valence-corrected chi connectivity index (χ2v) is 30.2. The van der Waals surface area contributed by atoms with Crippen LogP contribution in [-0.2, 0) is 32.0 Å². The van der Waals surface area contributed by atoms with E-state index in [4.69, 9.17) is 5.63 Å². The molecule has 0 fully saturated rings. The molecule has 4 heteroatoms. The summed E-state index contributed by atoms with van der Waals surface area (Å²) in [5.74, 6) is 2.18. The summed E-state index contributed by atoms with van der Waals surface area (Å²) in [6, 6.07) is 23.4. The van der Waals surface area contributed by atoms with Gasteiger partial charge in [-0.2, -0.15) is 0 Å². The van der Waals surface area contributed by atoms with Crippen LogP contribution in [0.3, 0.4) is 0 Å². The summed E-state index contributed by atoms with van der Waals surface area (Å²) in [6.45, 7) is 28.3. The van der Waals surface area contributed by atoms with Gasteiger partial charge < -0.3 is 0 Å². The SMILES string of the molecule is Cc1ccc([O][Zr]2([O]c3ccc(C)cc3C(C)(C)C)[C]3=C4C=CC=CC4c4ccc(C)c(c43)[Si](C)(C)c3c(C)ccc4c3[C]2=C2C=CC=CC24)c(C(C)(C)C)c1. The van der Waals surface area contributed by atoms with Crippen LogP contribution in [0.25, 0.3) is 6.56 Å². The van der Waals surface area contributed by atoms with Gasteiger partial charge in [-0.3, -0.25) is 0 Å². The fraction of sp³-hybridized carbons (Fsp3) is 0.308. The van der Waals surface area contributed by atoms with E-state index < -0.39 is 29.2 Å². The average Bonchev–Trinajstić information content (AvgIpc) is 3.64. The van der Waals surface area contributed by atoms with Gasteiger partial charge >= 0.3 is 344 Å². The molecular formula is C52H56O2SiZr. The van der Waals surface area contributed by atoms with Gasteiger partial charge in [-0.1, -0.05) is 0 Å². The first-order chi connectivity index (χ1) is 26.4. The number of rotatable bonds is 4. The first-order valence-electron chi connectivity index (χ1n) is 20.5. The molecule has 2 nitrogen and oxygen atoms in total. The Morgan fingerprint density at radius 3 is 1.34 bits per heavy atom. The van der Waals surface area contributed by atoms with Crippen LogP contribution in [-0.4, -0.2) is 8.07 Å². The third-order valence-corrected chi connectivity index (χ3v) is 25.2. The Balaban J connectivity index is 1.54. The molecule has 0 bridgehead atoms. The molecule has 56 heavy (non-hydrogen) atoms. The topological polar surface area (TPSA) is 18.5 Å². The van der Waals surface area contributed by atoms with Gasteiger partial charge in [0.05, 0.1) is 0 Å². The number of fused-ring (bicyclic) bond motifs is 4. The number of allylic oxidation sites excluding steroid dienone is 10. The average molecular weight is 832 g/mol. The Kier molecular flexibility index (Phi) is 8.56. The van der Waals surface area contributed by atoms with Gasteiger partial charge in [0.15, 0.2) is 0 Å². The Morgan fingerprint density at radius 2 is 0.946 bits per heavy atom. The van der Waals surface area contributed by atoms with Crippen molar-refractivity contribution in [3.63, 3.8) is 0 Å². The molecule has 4 aliphatic carbocycles. The molecule has 0 saturated heterocycles. The van der Waals surface area contributed by atoms with Crippen molar-refractivity contribution in [3.8, 4) is 11.5 Å². The minimum absolute atomic E-state index is 0.143. The molecule has 9 rings (SSSR count). The molecule has 0 radical (unpaired) electrons. The van der Waals surface area contributed by atoms with E-state index in [1.54, 1.807) is 10.4 Å². The summed E-state index contributed by atoms with van der Waals surface area (Å²) < 4.78 is 19.5. The second-order valence-electron chi connectivity index (χ2n) is 19.5. The first kappa shape index (κ1) is 37.6. The van der Waals surface area contributed by atoms with E-state index >= 15 is 0 Å². The molecule has 4 aromatic carbocycles. The summed E-state index contributed by atoms with van der Waals surface area (Å²) in [7, 11) is -2.38. The van der Waals surface area contributed by atoms with Gasteiger partial charge in [-0.25, -0.2) is 0 Å². The van der Waals surface area contributed by atoms with E-state index in [0.717, 1.165) is 11.5 Å². The monoisotopic (exact) mass is 830 g/mol. The van der Waals surface area contributed by atoms with Crippen LogP contribution < -0.4 is 16.0 Å². The Morgan fingerprint density at radius 1 is 0.536 bits per heavy atom. The molecule has 284 valence electrons. The fourth-order valence-corrected chi connectivity index (χ4v) is 25.5. The van der Waals surface area contributed by atoms with Crippen molar-refractivity contribution >= 4 is 25.0 Å². The number of benzene rings is 4. The standard InChI is InChI=1S/C30H26Si.2C11H16O.Zr/c1-19-13-15-25-23-11-7-5-9-21(23)17-27(25)29(19)31(3,4)30-20(2)14-16-26-24-12-8-6-10-22(24)18-28(26)30;2*1-8-5-6-10(12)9(7-8)11(2,3)4;/h5-16,23-24H,1-4H3;2*5-7,12H,1-4H3;/q;;;+2/p-2. The molecule has 0 spiro atoms. The van der Waals surface area contributed by atoms with Gasteiger partial charge in [-0.05, 0) is 0 Å². The number of hydrogen-bond donors (Lipinski definition) is 0. The summed E-state index contributed by atoms with van der Waals surface area (Å²) in [4.78, 5) is 0. The fourth-order valence-electron chi connectivity index (χ4n) is 10.6. The molecule has 0 N–H and O–H groups in total. The van der Waals surface area contributed by atoms with Crippen LogP contribution in [0, 0.1) is 27.7 Å². The van der Waals surface area contributed by atoms with Crippen LogP contribution in [0.4, 0.5) is 0 Å². The van der Waals surface area contributed by atoms with E-state index in [9.17, 15) is 0 Å². The maximum atomic E-state index is 8.40. The van der Waals surface area contributed by atoms with Crippen LogP contribution in [0.2, 0.25) is 13.1 Å². The molecule has 2 atom stereocenters. The van der Waals surface area contributed by atoms with E-state index in [1.165, 1.54) is 73.3 Å². The molecule has 5 aliphatic rings. The molecule has 1 heterocycles. The maximum absolute atomic E-state index is 8.40. The Hall–Kier alpha value is -3.98. The van der Waals surface area contributed by atoms with E-state index in [0.29, 0.717) is 0 Å². The summed E-state index contributed by atoms with van der Waals surface area (Å²) >= 11 is -5.15. The van der Waals surface area contributed by atoms with Gasteiger partial charge in [0, 0.05) is 0 Å². The molecule has 2 unspecified atom stereocenters.